The molecular weight excluding hydrogens is 342 g/mol. The Kier molecular flexibility index (Phi) is 3.66. The Morgan fingerprint density at radius 2 is 1.78 bits per heavy atom. The molecule has 1 fully saturated rings. The van der Waals surface area contributed by atoms with Gasteiger partial charge in [-0.2, -0.15) is 4.52 Å². The van der Waals surface area contributed by atoms with Gasteiger partial charge in [-0.15, -0.1) is 20.4 Å². The molecule has 0 saturated carbocycles. The lowest BCUT2D eigenvalue weighted by Gasteiger charge is -2.31. The van der Waals surface area contributed by atoms with E-state index < -0.39 is 0 Å². The summed E-state index contributed by atoms with van der Waals surface area (Å²) in [7, 11) is 3.97. The number of fused-ring (bicyclic) bond motifs is 2. The van der Waals surface area contributed by atoms with Gasteiger partial charge in [0, 0.05) is 45.5 Å². The van der Waals surface area contributed by atoms with E-state index in [9.17, 15) is 0 Å². The van der Waals surface area contributed by atoms with Gasteiger partial charge in [0.25, 0.3) is 0 Å². The van der Waals surface area contributed by atoms with Crippen LogP contribution >= 0.6 is 0 Å². The minimum absolute atomic E-state index is 0.345. The highest BCUT2D eigenvalue weighted by Crippen LogP contribution is 2.29. The molecule has 0 aromatic carbocycles. The maximum absolute atomic E-state index is 4.70. The quantitative estimate of drug-likeness (QED) is 0.547. The highest BCUT2D eigenvalue weighted by atomic mass is 15.4. The summed E-state index contributed by atoms with van der Waals surface area (Å²) in [6.07, 6.45) is 5.64. The summed E-state index contributed by atoms with van der Waals surface area (Å²) in [6.45, 7) is 1.86. The Bertz CT molecular complexity index is 1090. The van der Waals surface area contributed by atoms with Crippen molar-refractivity contribution in [3.8, 4) is 0 Å². The minimum Gasteiger partial charge on any atom is -0.361 e. The second-order valence-electron chi connectivity index (χ2n) is 7.10. The van der Waals surface area contributed by atoms with Crippen LogP contribution in [0.25, 0.3) is 11.3 Å². The molecule has 1 saturated heterocycles. The number of hydrogen-bond donors (Lipinski definition) is 0. The number of nitrogens with zero attached hydrogens (tertiary/aromatic N) is 9. The third kappa shape index (κ3) is 2.75. The van der Waals surface area contributed by atoms with Crippen molar-refractivity contribution in [2.24, 2.45) is 0 Å². The number of aromatic nitrogens is 7. The summed E-state index contributed by atoms with van der Waals surface area (Å²) < 4.78 is 3.71. The van der Waals surface area contributed by atoms with Crippen molar-refractivity contribution in [2.75, 3.05) is 37.0 Å². The molecule has 4 aromatic heterocycles. The molecule has 0 aliphatic carbocycles. The van der Waals surface area contributed by atoms with E-state index in [1.165, 1.54) is 0 Å². The summed E-state index contributed by atoms with van der Waals surface area (Å²) in [4.78, 5) is 8.56. The molecule has 9 nitrogen and oxygen atoms in total. The van der Waals surface area contributed by atoms with Crippen molar-refractivity contribution in [3.05, 3.63) is 42.5 Å². The van der Waals surface area contributed by atoms with Crippen LogP contribution in [0.3, 0.4) is 0 Å². The second-order valence-corrected chi connectivity index (χ2v) is 7.10. The molecule has 0 N–H and O–H groups in total. The van der Waals surface area contributed by atoms with Crippen molar-refractivity contribution >= 4 is 22.9 Å². The first-order valence-electron chi connectivity index (χ1n) is 9.14. The van der Waals surface area contributed by atoms with Gasteiger partial charge in [0.05, 0.1) is 0 Å². The van der Waals surface area contributed by atoms with Gasteiger partial charge >= 0.3 is 0 Å². The van der Waals surface area contributed by atoms with E-state index in [4.69, 9.17) is 5.10 Å². The van der Waals surface area contributed by atoms with Gasteiger partial charge in [-0.3, -0.25) is 0 Å². The Morgan fingerprint density at radius 3 is 2.59 bits per heavy atom. The first-order valence-corrected chi connectivity index (χ1v) is 9.14. The molecule has 0 atom stereocenters. The van der Waals surface area contributed by atoms with Gasteiger partial charge in [0.1, 0.15) is 11.6 Å². The highest BCUT2D eigenvalue weighted by Gasteiger charge is 2.26. The Morgan fingerprint density at radius 1 is 0.963 bits per heavy atom. The molecule has 0 amide bonds. The van der Waals surface area contributed by atoms with E-state index in [1.54, 1.807) is 6.20 Å². The molecule has 4 aromatic rings. The highest BCUT2D eigenvalue weighted by molar-refractivity contribution is 5.47. The maximum Gasteiger partial charge on any atom is 0.178 e. The average Bonchev–Trinajstić information content (AvgIpc) is 3.33. The third-order valence-corrected chi connectivity index (χ3v) is 5.16. The zero-order valence-corrected chi connectivity index (χ0v) is 15.4. The minimum atomic E-state index is 0.345. The number of piperidine rings is 1. The molecule has 5 rings (SSSR count). The van der Waals surface area contributed by atoms with Crippen molar-refractivity contribution in [1.82, 2.24) is 34.4 Å². The van der Waals surface area contributed by atoms with Gasteiger partial charge in [-0.1, -0.05) is 0 Å². The number of hydrogen-bond acceptors (Lipinski definition) is 7. The van der Waals surface area contributed by atoms with Crippen LogP contribution in [0.4, 0.5) is 11.6 Å². The van der Waals surface area contributed by atoms with E-state index in [1.807, 2.05) is 58.5 Å². The number of anilines is 2. The van der Waals surface area contributed by atoms with Crippen LogP contribution < -0.4 is 9.80 Å². The second kappa shape index (κ2) is 6.19. The van der Waals surface area contributed by atoms with Gasteiger partial charge in [0.2, 0.25) is 0 Å². The van der Waals surface area contributed by atoms with Crippen molar-refractivity contribution in [1.29, 1.82) is 0 Å². The third-order valence-electron chi connectivity index (χ3n) is 5.16. The Hall–Kier alpha value is -3.23. The first kappa shape index (κ1) is 16.0. The predicted octanol–water partition coefficient (Wildman–Crippen LogP) is 1.62. The van der Waals surface area contributed by atoms with Gasteiger partial charge < -0.3 is 9.80 Å². The lowest BCUT2D eigenvalue weighted by Crippen LogP contribution is -2.34. The van der Waals surface area contributed by atoms with Crippen LogP contribution in [-0.4, -0.2) is 61.6 Å². The number of imidazole rings is 1. The zero-order chi connectivity index (χ0) is 18.4. The molecule has 0 bridgehead atoms. The van der Waals surface area contributed by atoms with E-state index >= 15 is 0 Å². The molecule has 0 spiro atoms. The summed E-state index contributed by atoms with van der Waals surface area (Å²) in [5.41, 5.74) is 1.66. The Balaban J connectivity index is 1.37. The lowest BCUT2D eigenvalue weighted by atomic mass is 9.96. The summed E-state index contributed by atoms with van der Waals surface area (Å²) >= 11 is 0. The monoisotopic (exact) mass is 363 g/mol. The Labute approximate surface area is 156 Å². The van der Waals surface area contributed by atoms with E-state index in [2.05, 4.69) is 25.2 Å². The van der Waals surface area contributed by atoms with Crippen LogP contribution in [0.1, 0.15) is 24.6 Å². The first-order chi connectivity index (χ1) is 13.2. The van der Waals surface area contributed by atoms with Crippen molar-refractivity contribution < 1.29 is 0 Å². The van der Waals surface area contributed by atoms with Gasteiger partial charge in [-0.05, 0) is 37.1 Å². The normalized spacial score (nSPS) is 15.7. The molecule has 0 unspecified atom stereocenters. The maximum atomic E-state index is 4.70. The van der Waals surface area contributed by atoms with Crippen molar-refractivity contribution in [3.63, 3.8) is 0 Å². The fraction of sp³-hybridized carbons (Fsp3) is 0.389. The molecule has 1 aliphatic heterocycles. The van der Waals surface area contributed by atoms with E-state index in [0.717, 1.165) is 54.7 Å². The molecule has 5 heterocycles. The van der Waals surface area contributed by atoms with Crippen LogP contribution in [0.15, 0.2) is 36.7 Å². The molecule has 27 heavy (non-hydrogen) atoms. The molecular formula is C18H21N9. The lowest BCUT2D eigenvalue weighted by molar-refractivity contribution is 0.474. The standard InChI is InChI=1S/C18H21N9/c1-24(2)16-5-4-15-20-21-18(27(15)23-16)13-7-10-25(11-8-13)17-6-3-14-19-9-12-26(14)22-17/h3-6,9,12-13H,7-8,10-11H2,1-2H3. The molecule has 138 valence electrons. The van der Waals surface area contributed by atoms with Crippen molar-refractivity contribution in [2.45, 2.75) is 18.8 Å². The topological polar surface area (TPSA) is 79.8 Å². The van der Waals surface area contributed by atoms with E-state index in [-0.39, 0.29) is 0 Å². The predicted molar refractivity (Wildman–Crippen MR) is 102 cm³/mol. The molecule has 1 aliphatic rings. The van der Waals surface area contributed by atoms with Crippen LogP contribution in [0, 0.1) is 0 Å². The summed E-state index contributed by atoms with van der Waals surface area (Å²) in [5.74, 6) is 3.18. The fourth-order valence-electron chi connectivity index (χ4n) is 3.63. The van der Waals surface area contributed by atoms with Crippen LogP contribution in [0.2, 0.25) is 0 Å². The zero-order valence-electron chi connectivity index (χ0n) is 15.4. The van der Waals surface area contributed by atoms with Gasteiger partial charge in [-0.25, -0.2) is 9.50 Å². The average molecular weight is 363 g/mol. The van der Waals surface area contributed by atoms with E-state index in [0.29, 0.717) is 5.92 Å². The molecule has 0 radical (unpaired) electrons. The number of rotatable bonds is 3. The van der Waals surface area contributed by atoms with Crippen LogP contribution in [0.5, 0.6) is 0 Å². The summed E-state index contributed by atoms with van der Waals surface area (Å²) in [5, 5.41) is 18.1. The fourth-order valence-corrected chi connectivity index (χ4v) is 3.63. The largest absolute Gasteiger partial charge is 0.361 e. The smallest absolute Gasteiger partial charge is 0.178 e. The SMILES string of the molecule is CN(C)c1ccc2nnc(C3CCN(c4ccc5nccn5n4)CC3)n2n1. The van der Waals surface area contributed by atoms with Gasteiger partial charge in [0.15, 0.2) is 17.1 Å². The van der Waals surface area contributed by atoms with Crippen LogP contribution in [-0.2, 0) is 0 Å². The summed E-state index contributed by atoms with van der Waals surface area (Å²) in [6, 6.07) is 7.99. The molecule has 9 heteroatoms.